The minimum Gasteiger partial charge on any atom is -0.294 e. The van der Waals surface area contributed by atoms with Crippen LogP contribution in [0.5, 0.6) is 0 Å². The van der Waals surface area contributed by atoms with Crippen LogP contribution in [0.4, 0.5) is 0 Å². The van der Waals surface area contributed by atoms with E-state index >= 15 is 0 Å². The molecule has 0 saturated heterocycles. The maximum absolute atomic E-state index is 12.3. The Morgan fingerprint density at radius 2 is 2.00 bits per heavy atom. The fraction of sp³-hybridized carbons (Fsp3) is 0.188. The van der Waals surface area contributed by atoms with Crippen LogP contribution in [0, 0.1) is 0 Å². The SMILES string of the molecule is O=C(CC1Cc2ccccc21)c1cccc(Br)c1Cl. The molecule has 0 aromatic heterocycles. The van der Waals surface area contributed by atoms with Crippen molar-refractivity contribution >= 4 is 33.3 Å². The molecule has 0 bridgehead atoms. The highest BCUT2D eigenvalue weighted by Gasteiger charge is 2.28. The molecule has 1 aliphatic rings. The van der Waals surface area contributed by atoms with Crippen LogP contribution in [0.1, 0.15) is 33.8 Å². The average Bonchev–Trinajstić information content (AvgIpc) is 2.39. The van der Waals surface area contributed by atoms with Gasteiger partial charge in [0.2, 0.25) is 0 Å². The van der Waals surface area contributed by atoms with E-state index in [-0.39, 0.29) is 5.78 Å². The van der Waals surface area contributed by atoms with Crippen molar-refractivity contribution in [3.63, 3.8) is 0 Å². The molecule has 0 saturated carbocycles. The van der Waals surface area contributed by atoms with E-state index in [1.165, 1.54) is 11.1 Å². The van der Waals surface area contributed by atoms with Crippen LogP contribution >= 0.6 is 27.5 Å². The molecule has 0 heterocycles. The number of halogens is 2. The highest BCUT2D eigenvalue weighted by Crippen LogP contribution is 2.38. The van der Waals surface area contributed by atoms with Crippen LogP contribution in [0.15, 0.2) is 46.9 Å². The zero-order chi connectivity index (χ0) is 13.4. The summed E-state index contributed by atoms with van der Waals surface area (Å²) in [4.78, 5) is 12.3. The van der Waals surface area contributed by atoms with Crippen molar-refractivity contribution in [2.45, 2.75) is 18.8 Å². The molecule has 0 radical (unpaired) electrons. The zero-order valence-corrected chi connectivity index (χ0v) is 12.5. The second-order valence-electron chi connectivity index (χ2n) is 4.83. The molecule has 1 unspecified atom stereocenters. The summed E-state index contributed by atoms with van der Waals surface area (Å²) in [5.41, 5.74) is 3.28. The van der Waals surface area contributed by atoms with Gasteiger partial charge in [0.15, 0.2) is 5.78 Å². The van der Waals surface area contributed by atoms with Crippen LogP contribution in [0.2, 0.25) is 5.02 Å². The topological polar surface area (TPSA) is 17.1 Å². The molecule has 0 amide bonds. The van der Waals surface area contributed by atoms with Crippen molar-refractivity contribution in [1.29, 1.82) is 0 Å². The standard InChI is InChI=1S/C16H12BrClO/c17-14-7-3-6-13(16(14)18)15(19)9-11-8-10-4-1-2-5-12(10)11/h1-7,11H,8-9H2. The lowest BCUT2D eigenvalue weighted by molar-refractivity contribution is 0.0970. The number of rotatable bonds is 3. The smallest absolute Gasteiger partial charge is 0.165 e. The van der Waals surface area contributed by atoms with Gasteiger partial charge < -0.3 is 0 Å². The number of fused-ring (bicyclic) bond motifs is 1. The van der Waals surface area contributed by atoms with E-state index < -0.39 is 0 Å². The third kappa shape index (κ3) is 2.35. The Hall–Kier alpha value is -1.12. The van der Waals surface area contributed by atoms with Gasteiger partial charge in [0.05, 0.1) is 5.02 Å². The molecule has 1 atom stereocenters. The lowest BCUT2D eigenvalue weighted by Gasteiger charge is -2.29. The number of benzene rings is 2. The molecule has 3 rings (SSSR count). The Balaban J connectivity index is 1.79. The van der Waals surface area contributed by atoms with Crippen LogP contribution in [-0.2, 0) is 6.42 Å². The monoisotopic (exact) mass is 334 g/mol. The lowest BCUT2D eigenvalue weighted by atomic mass is 9.74. The van der Waals surface area contributed by atoms with Crippen molar-refractivity contribution in [3.8, 4) is 0 Å². The second-order valence-corrected chi connectivity index (χ2v) is 6.06. The fourth-order valence-electron chi connectivity index (χ4n) is 2.60. The van der Waals surface area contributed by atoms with Gasteiger partial charge >= 0.3 is 0 Å². The highest BCUT2D eigenvalue weighted by molar-refractivity contribution is 9.10. The van der Waals surface area contributed by atoms with Crippen LogP contribution in [-0.4, -0.2) is 5.78 Å². The minimum absolute atomic E-state index is 0.116. The number of Topliss-reactive ketones (excluding diaryl/α,β-unsaturated/α-hetero) is 1. The Morgan fingerprint density at radius 1 is 1.21 bits per heavy atom. The van der Waals surface area contributed by atoms with Crippen molar-refractivity contribution in [3.05, 3.63) is 68.7 Å². The largest absolute Gasteiger partial charge is 0.294 e. The molecule has 0 spiro atoms. The summed E-state index contributed by atoms with van der Waals surface area (Å²) in [7, 11) is 0. The maximum atomic E-state index is 12.3. The molecule has 19 heavy (non-hydrogen) atoms. The summed E-state index contributed by atoms with van der Waals surface area (Å²) in [6.07, 6.45) is 1.53. The van der Waals surface area contributed by atoms with Gasteiger partial charge in [-0.15, -0.1) is 0 Å². The average molecular weight is 336 g/mol. The van der Waals surface area contributed by atoms with Gasteiger partial charge in [-0.05, 0) is 51.5 Å². The number of carbonyl (C=O) groups is 1. The Labute approximate surface area is 125 Å². The summed E-state index contributed by atoms with van der Waals surface area (Å²) in [6.45, 7) is 0. The van der Waals surface area contributed by atoms with Gasteiger partial charge in [-0.25, -0.2) is 0 Å². The van der Waals surface area contributed by atoms with E-state index in [1.807, 2.05) is 24.3 Å². The molecule has 2 aromatic carbocycles. The normalized spacial score (nSPS) is 16.6. The lowest BCUT2D eigenvalue weighted by Crippen LogP contribution is -2.20. The predicted molar refractivity (Wildman–Crippen MR) is 81.0 cm³/mol. The molecular formula is C16H12BrClO. The van der Waals surface area contributed by atoms with Crippen LogP contribution in [0.25, 0.3) is 0 Å². The fourth-order valence-corrected chi connectivity index (χ4v) is 3.20. The molecule has 96 valence electrons. The first-order chi connectivity index (χ1) is 9.16. The molecule has 1 nitrogen and oxygen atoms in total. The maximum Gasteiger partial charge on any atom is 0.165 e. The summed E-state index contributed by atoms with van der Waals surface area (Å²) in [5, 5.41) is 0.514. The Kier molecular flexibility index (Phi) is 3.46. The van der Waals surface area contributed by atoms with Crippen LogP contribution < -0.4 is 0 Å². The van der Waals surface area contributed by atoms with E-state index in [4.69, 9.17) is 11.6 Å². The zero-order valence-electron chi connectivity index (χ0n) is 10.2. The molecule has 0 aliphatic heterocycles. The van der Waals surface area contributed by atoms with Gasteiger partial charge in [0, 0.05) is 16.5 Å². The second kappa shape index (κ2) is 5.10. The van der Waals surface area contributed by atoms with Crippen LogP contribution in [0.3, 0.4) is 0 Å². The first kappa shape index (κ1) is 12.9. The molecule has 2 aromatic rings. The highest BCUT2D eigenvalue weighted by atomic mass is 79.9. The Bertz CT molecular complexity index is 651. The first-order valence-corrected chi connectivity index (χ1v) is 7.39. The Morgan fingerprint density at radius 3 is 2.79 bits per heavy atom. The third-order valence-electron chi connectivity index (χ3n) is 3.65. The number of ketones is 1. The summed E-state index contributed by atoms with van der Waals surface area (Å²) >= 11 is 9.52. The number of hydrogen-bond acceptors (Lipinski definition) is 1. The van der Waals surface area contributed by atoms with E-state index in [2.05, 4.69) is 28.1 Å². The van der Waals surface area contributed by atoms with Gasteiger partial charge in [-0.2, -0.15) is 0 Å². The number of carbonyl (C=O) groups excluding carboxylic acids is 1. The molecule has 0 fully saturated rings. The van der Waals surface area contributed by atoms with Gasteiger partial charge in [0.25, 0.3) is 0 Å². The number of hydrogen-bond donors (Lipinski definition) is 0. The van der Waals surface area contributed by atoms with Gasteiger partial charge in [0.1, 0.15) is 0 Å². The van der Waals surface area contributed by atoms with E-state index in [9.17, 15) is 4.79 Å². The summed E-state index contributed by atoms with van der Waals surface area (Å²) in [5.74, 6) is 0.463. The molecule has 0 N–H and O–H groups in total. The van der Waals surface area contributed by atoms with Crippen molar-refractivity contribution in [2.24, 2.45) is 0 Å². The van der Waals surface area contributed by atoms with Gasteiger partial charge in [-0.3, -0.25) is 4.79 Å². The minimum atomic E-state index is 0.116. The van der Waals surface area contributed by atoms with E-state index in [1.54, 1.807) is 6.07 Å². The van der Waals surface area contributed by atoms with E-state index in [0.717, 1.165) is 10.9 Å². The molecule has 3 heteroatoms. The third-order valence-corrected chi connectivity index (χ3v) is 4.94. The summed E-state index contributed by atoms with van der Waals surface area (Å²) < 4.78 is 0.772. The predicted octanol–water partition coefficient (Wildman–Crippen LogP) is 5.02. The van der Waals surface area contributed by atoms with E-state index in [0.29, 0.717) is 22.9 Å². The molecule has 1 aliphatic carbocycles. The molecular weight excluding hydrogens is 324 g/mol. The summed E-state index contributed by atoms with van der Waals surface area (Å²) in [6, 6.07) is 13.8. The van der Waals surface area contributed by atoms with Crippen molar-refractivity contribution in [1.82, 2.24) is 0 Å². The quantitative estimate of drug-likeness (QED) is 0.720. The van der Waals surface area contributed by atoms with Crippen molar-refractivity contribution < 1.29 is 4.79 Å². The first-order valence-electron chi connectivity index (χ1n) is 6.22. The van der Waals surface area contributed by atoms with Crippen molar-refractivity contribution in [2.75, 3.05) is 0 Å². The van der Waals surface area contributed by atoms with Gasteiger partial charge in [-0.1, -0.05) is 41.9 Å².